The number of carbonyl (C=O) groups is 1. The molecule has 0 aliphatic carbocycles. The minimum Gasteiger partial charge on any atom is -0.444 e. The van der Waals surface area contributed by atoms with E-state index < -0.39 is 11.7 Å². The molecule has 1 aromatic heterocycles. The topological polar surface area (TPSA) is 62.7 Å². The Morgan fingerprint density at radius 1 is 1.62 bits per heavy atom. The van der Waals surface area contributed by atoms with Gasteiger partial charge in [0.15, 0.2) is 0 Å². The predicted molar refractivity (Wildman–Crippen MR) is 82.5 cm³/mol. The van der Waals surface area contributed by atoms with Crippen LogP contribution in [0.1, 0.15) is 37.9 Å². The van der Waals surface area contributed by atoms with Crippen LogP contribution >= 0.6 is 11.3 Å². The van der Waals surface area contributed by atoms with E-state index in [9.17, 15) is 9.90 Å². The molecule has 2 rings (SSSR count). The Morgan fingerprint density at radius 2 is 2.33 bits per heavy atom. The van der Waals surface area contributed by atoms with Gasteiger partial charge in [-0.1, -0.05) is 0 Å². The van der Waals surface area contributed by atoms with Crippen molar-refractivity contribution in [3.05, 3.63) is 16.1 Å². The van der Waals surface area contributed by atoms with Crippen LogP contribution in [0.3, 0.4) is 0 Å². The number of hydrogen-bond acceptors (Lipinski definition) is 5. The summed E-state index contributed by atoms with van der Waals surface area (Å²) in [6.45, 7) is 8.74. The number of rotatable bonds is 3. The lowest BCUT2D eigenvalue weighted by Gasteiger charge is -2.25. The van der Waals surface area contributed by atoms with Crippen molar-refractivity contribution in [3.8, 4) is 0 Å². The second-order valence-electron chi connectivity index (χ2n) is 6.60. The minimum absolute atomic E-state index is 0.0968. The van der Waals surface area contributed by atoms with Crippen molar-refractivity contribution < 1.29 is 14.6 Å². The number of aliphatic hydroxyl groups excluding tert-OH is 1. The molecular weight excluding hydrogens is 288 g/mol. The van der Waals surface area contributed by atoms with Gasteiger partial charge in [-0.25, -0.2) is 9.78 Å². The van der Waals surface area contributed by atoms with Gasteiger partial charge in [0.05, 0.1) is 16.8 Å². The van der Waals surface area contributed by atoms with E-state index in [-0.39, 0.29) is 12.0 Å². The van der Waals surface area contributed by atoms with E-state index in [0.29, 0.717) is 19.5 Å². The molecule has 1 aliphatic rings. The molecule has 21 heavy (non-hydrogen) atoms. The number of likely N-dealkylation sites (tertiary alicyclic amines) is 1. The van der Waals surface area contributed by atoms with Crippen LogP contribution < -0.4 is 0 Å². The standard InChI is InChI=1S/C15H24N2O3S/c1-10-16-12(9-21-10)7-13(18)11-5-6-17(8-11)14(19)20-15(2,3)4/h9,11,13,18H,5-8H2,1-4H3. The van der Waals surface area contributed by atoms with Gasteiger partial charge in [0.2, 0.25) is 0 Å². The first-order chi connectivity index (χ1) is 9.74. The molecule has 0 saturated carbocycles. The number of aryl methyl sites for hydroxylation is 1. The second kappa shape index (κ2) is 6.32. The smallest absolute Gasteiger partial charge is 0.410 e. The maximum absolute atomic E-state index is 12.0. The summed E-state index contributed by atoms with van der Waals surface area (Å²) in [7, 11) is 0. The van der Waals surface area contributed by atoms with Crippen molar-refractivity contribution in [2.75, 3.05) is 13.1 Å². The molecule has 2 unspecified atom stereocenters. The molecule has 1 aromatic rings. The van der Waals surface area contributed by atoms with Gasteiger partial charge in [-0.05, 0) is 34.1 Å². The van der Waals surface area contributed by atoms with Gasteiger partial charge in [0, 0.05) is 30.8 Å². The van der Waals surface area contributed by atoms with E-state index in [0.717, 1.165) is 17.1 Å². The summed E-state index contributed by atoms with van der Waals surface area (Å²) >= 11 is 1.59. The summed E-state index contributed by atoms with van der Waals surface area (Å²) in [5.74, 6) is 0.0968. The quantitative estimate of drug-likeness (QED) is 0.932. The first-order valence-electron chi connectivity index (χ1n) is 7.31. The van der Waals surface area contributed by atoms with Gasteiger partial charge >= 0.3 is 6.09 Å². The average Bonchev–Trinajstić information content (AvgIpc) is 2.96. The minimum atomic E-state index is -0.480. The Hall–Kier alpha value is -1.14. The van der Waals surface area contributed by atoms with Crippen LogP contribution in [0.5, 0.6) is 0 Å². The summed E-state index contributed by atoms with van der Waals surface area (Å²) in [6, 6.07) is 0. The van der Waals surface area contributed by atoms with E-state index in [1.807, 2.05) is 33.1 Å². The SMILES string of the molecule is Cc1nc(CC(O)C2CCN(C(=O)OC(C)(C)C)C2)cs1. The number of hydrogen-bond donors (Lipinski definition) is 1. The lowest BCUT2D eigenvalue weighted by molar-refractivity contribution is 0.0269. The summed E-state index contributed by atoms with van der Waals surface area (Å²) < 4.78 is 5.37. The lowest BCUT2D eigenvalue weighted by atomic mass is 9.98. The summed E-state index contributed by atoms with van der Waals surface area (Å²) in [5.41, 5.74) is 0.451. The molecule has 1 fully saturated rings. The predicted octanol–water partition coefficient (Wildman–Crippen LogP) is 2.61. The van der Waals surface area contributed by atoms with Crippen LogP contribution in [0.2, 0.25) is 0 Å². The Morgan fingerprint density at radius 3 is 2.90 bits per heavy atom. The number of amides is 1. The van der Waals surface area contributed by atoms with E-state index in [2.05, 4.69) is 4.98 Å². The zero-order valence-corrected chi connectivity index (χ0v) is 13.9. The van der Waals surface area contributed by atoms with Crippen molar-refractivity contribution in [1.82, 2.24) is 9.88 Å². The van der Waals surface area contributed by atoms with E-state index in [4.69, 9.17) is 4.74 Å². The van der Waals surface area contributed by atoms with Crippen molar-refractivity contribution >= 4 is 17.4 Å². The Labute approximate surface area is 129 Å². The zero-order valence-electron chi connectivity index (χ0n) is 13.1. The van der Waals surface area contributed by atoms with E-state index in [1.165, 1.54) is 0 Å². The van der Waals surface area contributed by atoms with Crippen molar-refractivity contribution in [2.24, 2.45) is 5.92 Å². The molecule has 5 nitrogen and oxygen atoms in total. The number of ether oxygens (including phenoxy) is 1. The number of thiazole rings is 1. The highest BCUT2D eigenvalue weighted by atomic mass is 32.1. The van der Waals surface area contributed by atoms with Crippen molar-refractivity contribution in [2.45, 2.75) is 52.2 Å². The molecule has 6 heteroatoms. The zero-order chi connectivity index (χ0) is 15.6. The monoisotopic (exact) mass is 312 g/mol. The van der Waals surface area contributed by atoms with Gasteiger partial charge in [0.25, 0.3) is 0 Å². The fourth-order valence-corrected chi connectivity index (χ4v) is 3.10. The van der Waals surface area contributed by atoms with Crippen LogP contribution in [-0.2, 0) is 11.2 Å². The highest BCUT2D eigenvalue weighted by molar-refractivity contribution is 7.09. The van der Waals surface area contributed by atoms with Gasteiger partial charge in [-0.15, -0.1) is 11.3 Å². The second-order valence-corrected chi connectivity index (χ2v) is 7.67. The van der Waals surface area contributed by atoms with Crippen LogP contribution in [0.4, 0.5) is 4.79 Å². The number of aliphatic hydroxyl groups is 1. The highest BCUT2D eigenvalue weighted by Gasteiger charge is 2.33. The average molecular weight is 312 g/mol. The first kappa shape index (κ1) is 16.2. The maximum Gasteiger partial charge on any atom is 0.410 e. The van der Waals surface area contributed by atoms with Crippen LogP contribution in [-0.4, -0.2) is 45.9 Å². The maximum atomic E-state index is 12.0. The number of aromatic nitrogens is 1. The third-order valence-electron chi connectivity index (χ3n) is 3.51. The Balaban J connectivity index is 1.85. The Bertz CT molecular complexity index is 495. The fraction of sp³-hybridized carbons (Fsp3) is 0.733. The molecular formula is C15H24N2O3S. The Kier molecular flexibility index (Phi) is 4.88. The molecule has 118 valence electrons. The highest BCUT2D eigenvalue weighted by Crippen LogP contribution is 2.24. The third kappa shape index (κ3) is 4.68. The largest absolute Gasteiger partial charge is 0.444 e. The summed E-state index contributed by atoms with van der Waals surface area (Å²) in [5, 5.41) is 13.3. The summed E-state index contributed by atoms with van der Waals surface area (Å²) in [4.78, 5) is 18.1. The first-order valence-corrected chi connectivity index (χ1v) is 8.19. The van der Waals surface area contributed by atoms with Gasteiger partial charge in [-0.2, -0.15) is 0 Å². The normalized spacial score (nSPS) is 20.6. The van der Waals surface area contributed by atoms with E-state index >= 15 is 0 Å². The van der Waals surface area contributed by atoms with Crippen LogP contribution in [0, 0.1) is 12.8 Å². The molecule has 1 amide bonds. The van der Waals surface area contributed by atoms with Gasteiger partial charge in [-0.3, -0.25) is 0 Å². The van der Waals surface area contributed by atoms with Gasteiger partial charge < -0.3 is 14.7 Å². The molecule has 1 N–H and O–H groups in total. The molecule has 2 heterocycles. The van der Waals surface area contributed by atoms with Crippen molar-refractivity contribution in [1.29, 1.82) is 0 Å². The van der Waals surface area contributed by atoms with Crippen LogP contribution in [0.25, 0.3) is 0 Å². The van der Waals surface area contributed by atoms with Crippen molar-refractivity contribution in [3.63, 3.8) is 0 Å². The molecule has 1 aliphatic heterocycles. The molecule has 0 spiro atoms. The molecule has 2 atom stereocenters. The molecule has 0 aromatic carbocycles. The molecule has 0 bridgehead atoms. The number of carbonyl (C=O) groups excluding carboxylic acids is 1. The van der Waals surface area contributed by atoms with E-state index in [1.54, 1.807) is 16.2 Å². The fourth-order valence-electron chi connectivity index (χ4n) is 2.48. The lowest BCUT2D eigenvalue weighted by Crippen LogP contribution is -2.36. The number of nitrogens with zero attached hydrogens (tertiary/aromatic N) is 2. The third-order valence-corrected chi connectivity index (χ3v) is 4.33. The van der Waals surface area contributed by atoms with Crippen LogP contribution in [0.15, 0.2) is 5.38 Å². The molecule has 1 saturated heterocycles. The summed E-state index contributed by atoms with van der Waals surface area (Å²) in [6.07, 6.45) is 0.612. The van der Waals surface area contributed by atoms with Gasteiger partial charge in [0.1, 0.15) is 5.60 Å². The molecule has 0 radical (unpaired) electrons.